The van der Waals surface area contributed by atoms with Gasteiger partial charge in [0.25, 0.3) is 0 Å². The highest BCUT2D eigenvalue weighted by Gasteiger charge is 1.93. The van der Waals surface area contributed by atoms with E-state index in [1.165, 1.54) is 0 Å². The van der Waals surface area contributed by atoms with Crippen molar-refractivity contribution in [1.29, 1.82) is 0 Å². The van der Waals surface area contributed by atoms with E-state index in [1.807, 2.05) is 48.6 Å². The van der Waals surface area contributed by atoms with Gasteiger partial charge in [0.1, 0.15) is 0 Å². The van der Waals surface area contributed by atoms with E-state index >= 15 is 0 Å². The van der Waals surface area contributed by atoms with E-state index < -0.39 is 0 Å². The Labute approximate surface area is 101 Å². The number of benzene rings is 2. The van der Waals surface area contributed by atoms with Crippen LogP contribution in [-0.2, 0) is 0 Å². The molecule has 0 atom stereocenters. The maximum Gasteiger partial charge on any atom is 0.0340 e. The summed E-state index contributed by atoms with van der Waals surface area (Å²) in [4.78, 5) is 0. The van der Waals surface area contributed by atoms with Crippen molar-refractivity contribution in [3.8, 4) is 0 Å². The lowest BCUT2D eigenvalue weighted by molar-refractivity contribution is 1.62. The van der Waals surface area contributed by atoms with Gasteiger partial charge in [-0.15, -0.1) is 0 Å². The molecule has 0 saturated carbocycles. The minimum atomic E-state index is 0.668. The molecule has 2 aromatic rings. The first-order valence-electron chi connectivity index (χ1n) is 5.33. The highest BCUT2D eigenvalue weighted by atomic mass is 14.6. The molecule has 0 aromatic heterocycles. The van der Waals surface area contributed by atoms with E-state index in [9.17, 15) is 0 Å². The van der Waals surface area contributed by atoms with Gasteiger partial charge in [-0.2, -0.15) is 0 Å². The average molecular weight is 225 g/mol. The first-order valence-corrected chi connectivity index (χ1v) is 5.33. The summed E-state index contributed by atoms with van der Waals surface area (Å²) in [5.74, 6) is 0. The van der Waals surface area contributed by atoms with Crippen LogP contribution in [-0.4, -0.2) is 0 Å². The largest absolute Gasteiger partial charge is 0.399 e. The molecule has 6 N–H and O–H groups in total. The third kappa shape index (κ3) is 3.01. The number of hydrogen-bond donors (Lipinski definition) is 3. The van der Waals surface area contributed by atoms with Crippen molar-refractivity contribution in [3.05, 3.63) is 53.6 Å². The summed E-state index contributed by atoms with van der Waals surface area (Å²) < 4.78 is 0. The summed E-state index contributed by atoms with van der Waals surface area (Å²) >= 11 is 0. The highest BCUT2D eigenvalue weighted by Crippen LogP contribution is 2.16. The molecule has 0 amide bonds. The Hall–Kier alpha value is -2.42. The first kappa shape index (κ1) is 11.1. The molecule has 0 spiro atoms. The molecular weight excluding hydrogens is 210 g/mol. The van der Waals surface area contributed by atoms with E-state index in [-0.39, 0.29) is 0 Å². The average Bonchev–Trinajstić information content (AvgIpc) is 2.27. The summed E-state index contributed by atoms with van der Waals surface area (Å²) in [5, 5.41) is 0. The number of hydrogen-bond acceptors (Lipinski definition) is 3. The fourth-order valence-electron chi connectivity index (χ4n) is 1.60. The number of nitrogen functional groups attached to an aromatic ring is 3. The molecule has 86 valence electrons. The smallest absolute Gasteiger partial charge is 0.0340 e. The van der Waals surface area contributed by atoms with Crippen molar-refractivity contribution in [2.75, 3.05) is 17.2 Å². The molecule has 0 fully saturated rings. The summed E-state index contributed by atoms with van der Waals surface area (Å²) in [6, 6.07) is 13.2. The second-order valence-corrected chi connectivity index (χ2v) is 3.93. The minimum Gasteiger partial charge on any atom is -0.399 e. The van der Waals surface area contributed by atoms with Gasteiger partial charge in [0.15, 0.2) is 0 Å². The Bertz CT molecular complexity index is 522. The normalized spacial score (nSPS) is 10.8. The van der Waals surface area contributed by atoms with Crippen molar-refractivity contribution in [1.82, 2.24) is 0 Å². The van der Waals surface area contributed by atoms with Gasteiger partial charge in [0, 0.05) is 17.1 Å². The lowest BCUT2D eigenvalue weighted by Crippen LogP contribution is -1.90. The van der Waals surface area contributed by atoms with Crippen LogP contribution < -0.4 is 17.2 Å². The quantitative estimate of drug-likeness (QED) is 0.543. The fourth-order valence-corrected chi connectivity index (χ4v) is 1.60. The molecule has 0 aliphatic rings. The first-order chi connectivity index (χ1) is 8.13. The monoisotopic (exact) mass is 225 g/mol. The molecule has 0 unspecified atom stereocenters. The SMILES string of the molecule is Nc1ccc(/C=C/c2cc(N)cc(N)c2)cc1. The van der Waals surface area contributed by atoms with E-state index in [1.54, 1.807) is 6.07 Å². The van der Waals surface area contributed by atoms with Crippen molar-refractivity contribution in [3.63, 3.8) is 0 Å². The van der Waals surface area contributed by atoms with Crippen molar-refractivity contribution in [2.45, 2.75) is 0 Å². The maximum absolute atomic E-state index is 5.72. The van der Waals surface area contributed by atoms with Crippen LogP contribution in [0.2, 0.25) is 0 Å². The Morgan fingerprint density at radius 1 is 0.588 bits per heavy atom. The van der Waals surface area contributed by atoms with Gasteiger partial charge in [0.2, 0.25) is 0 Å². The van der Waals surface area contributed by atoms with Crippen LogP contribution in [0.1, 0.15) is 11.1 Å². The van der Waals surface area contributed by atoms with E-state index in [0.717, 1.165) is 16.8 Å². The van der Waals surface area contributed by atoms with Crippen LogP contribution in [0.15, 0.2) is 42.5 Å². The summed E-state index contributed by atoms with van der Waals surface area (Å²) in [5.41, 5.74) is 21.2. The van der Waals surface area contributed by atoms with Crippen LogP contribution in [0.3, 0.4) is 0 Å². The lowest BCUT2D eigenvalue weighted by Gasteiger charge is -2.00. The van der Waals surface area contributed by atoms with Gasteiger partial charge in [-0.3, -0.25) is 0 Å². The predicted molar refractivity (Wildman–Crippen MR) is 75.0 cm³/mol. The van der Waals surface area contributed by atoms with Gasteiger partial charge in [-0.1, -0.05) is 24.3 Å². The Morgan fingerprint density at radius 2 is 1.12 bits per heavy atom. The van der Waals surface area contributed by atoms with Crippen LogP contribution in [0.4, 0.5) is 17.1 Å². The zero-order valence-corrected chi connectivity index (χ0v) is 9.43. The number of anilines is 3. The van der Waals surface area contributed by atoms with Gasteiger partial charge < -0.3 is 17.2 Å². The maximum atomic E-state index is 5.72. The van der Waals surface area contributed by atoms with Crippen molar-refractivity contribution >= 4 is 29.2 Å². The second-order valence-electron chi connectivity index (χ2n) is 3.93. The zero-order chi connectivity index (χ0) is 12.3. The Morgan fingerprint density at radius 3 is 1.71 bits per heavy atom. The molecule has 2 aromatic carbocycles. The molecule has 3 heteroatoms. The molecule has 0 bridgehead atoms. The third-order valence-corrected chi connectivity index (χ3v) is 2.40. The molecule has 0 aliphatic heterocycles. The topological polar surface area (TPSA) is 78.1 Å². The van der Waals surface area contributed by atoms with Crippen molar-refractivity contribution in [2.24, 2.45) is 0 Å². The van der Waals surface area contributed by atoms with Crippen LogP contribution in [0.5, 0.6) is 0 Å². The Kier molecular flexibility index (Phi) is 3.01. The van der Waals surface area contributed by atoms with Gasteiger partial charge in [0.05, 0.1) is 0 Å². The van der Waals surface area contributed by atoms with Crippen LogP contribution in [0, 0.1) is 0 Å². The number of nitrogens with two attached hydrogens (primary N) is 3. The molecule has 3 nitrogen and oxygen atoms in total. The third-order valence-electron chi connectivity index (χ3n) is 2.40. The van der Waals surface area contributed by atoms with E-state index in [0.29, 0.717) is 11.4 Å². The molecule has 0 heterocycles. The van der Waals surface area contributed by atoms with Crippen LogP contribution in [0.25, 0.3) is 12.2 Å². The zero-order valence-electron chi connectivity index (χ0n) is 9.43. The molecule has 2 rings (SSSR count). The summed E-state index contributed by atoms with van der Waals surface area (Å²) in [6.45, 7) is 0. The second kappa shape index (κ2) is 4.61. The lowest BCUT2D eigenvalue weighted by atomic mass is 10.1. The van der Waals surface area contributed by atoms with E-state index in [4.69, 9.17) is 17.2 Å². The molecule has 0 radical (unpaired) electrons. The van der Waals surface area contributed by atoms with Gasteiger partial charge >= 0.3 is 0 Å². The molecule has 0 saturated heterocycles. The van der Waals surface area contributed by atoms with Crippen molar-refractivity contribution < 1.29 is 0 Å². The molecule has 0 aliphatic carbocycles. The summed E-state index contributed by atoms with van der Waals surface area (Å²) in [6.07, 6.45) is 3.96. The number of rotatable bonds is 2. The Balaban J connectivity index is 2.22. The predicted octanol–water partition coefficient (Wildman–Crippen LogP) is 2.60. The summed E-state index contributed by atoms with van der Waals surface area (Å²) in [7, 11) is 0. The minimum absolute atomic E-state index is 0.668. The molecular formula is C14H15N3. The van der Waals surface area contributed by atoms with Crippen LogP contribution >= 0.6 is 0 Å². The highest BCUT2D eigenvalue weighted by molar-refractivity contribution is 5.73. The van der Waals surface area contributed by atoms with E-state index in [2.05, 4.69) is 0 Å². The standard InChI is InChI=1S/C14H15N3/c15-12-5-3-10(4-6-12)1-2-11-7-13(16)9-14(17)8-11/h1-9H,15-17H2/b2-1+. The van der Waals surface area contributed by atoms with Gasteiger partial charge in [-0.25, -0.2) is 0 Å². The van der Waals surface area contributed by atoms with Gasteiger partial charge in [-0.05, 0) is 41.5 Å². The fraction of sp³-hybridized carbons (Fsp3) is 0. The molecule has 17 heavy (non-hydrogen) atoms.